The van der Waals surface area contributed by atoms with Crippen LogP contribution < -0.4 is 10.4 Å². The molecule has 0 aromatic rings. The van der Waals surface area contributed by atoms with Crippen LogP contribution in [-0.4, -0.2) is 54.0 Å². The lowest BCUT2D eigenvalue weighted by Gasteiger charge is -2.26. The smallest absolute Gasteiger partial charge is 0.182 e. The van der Waals surface area contributed by atoms with E-state index in [2.05, 4.69) is 36.0 Å². The highest BCUT2D eigenvalue weighted by molar-refractivity contribution is 5.66. The van der Waals surface area contributed by atoms with Gasteiger partial charge in [-0.1, -0.05) is 83.5 Å². The summed E-state index contributed by atoms with van der Waals surface area (Å²) < 4.78 is 1.79. The molecule has 0 saturated heterocycles. The molecule has 0 aromatic heterocycles. The van der Waals surface area contributed by atoms with E-state index in [1.54, 1.807) is 4.58 Å². The average Bonchev–Trinajstić information content (AvgIpc) is 2.67. The molecular weight excluding hydrogens is 362 g/mol. The fraction of sp³-hybridized carbons (Fsp3) is 0.833. The minimum absolute atomic E-state index is 0.0593. The number of rotatable bonds is 17. The normalized spacial score (nSPS) is 15.1. The number of aliphatic carboxylic acids is 1. The van der Waals surface area contributed by atoms with Gasteiger partial charge in [0.2, 0.25) is 0 Å². The monoisotopic (exact) mass is 405 g/mol. The predicted octanol–water partition coefficient (Wildman–Crippen LogP) is 3.12. The lowest BCUT2D eigenvalue weighted by atomic mass is 10.1. The molecule has 0 aromatic carbocycles. The molecule has 1 heterocycles. The minimum Gasteiger partial charge on any atom is -0.544 e. The Hall–Kier alpha value is -1.54. The number of nitrogens with one attached hydrogen (secondary N) is 1. The molecule has 0 radical (unpaired) electrons. The molecule has 1 aliphatic rings. The van der Waals surface area contributed by atoms with Gasteiger partial charge >= 0.3 is 0 Å². The first-order valence-corrected chi connectivity index (χ1v) is 11.9. The average molecular weight is 406 g/mol. The molecule has 0 bridgehead atoms. The van der Waals surface area contributed by atoms with Gasteiger partial charge in [0.05, 0.1) is 19.1 Å². The SMILES string of the molecule is CCCCCCCCCCCCCCNC(C)N1C#CCC=[N+](CC(=O)[O-])CC1. The molecule has 1 rings (SSSR count). The fourth-order valence-electron chi connectivity index (χ4n) is 3.69. The van der Waals surface area contributed by atoms with Gasteiger partial charge in [-0.25, -0.2) is 4.58 Å². The molecule has 0 spiro atoms. The van der Waals surface area contributed by atoms with Crippen molar-refractivity contribution in [1.29, 1.82) is 0 Å². The standard InChI is InChI=1S/C24H43N3O2/c1-3-4-5-6-7-8-9-10-11-12-13-14-17-25-23(2)27-19-16-15-18-26(20-21-27)22-24(28)29/h18,23,25H,3-15,17,20-22H2,1-2H3. The molecule has 1 N–H and O–H groups in total. The maximum Gasteiger partial charge on any atom is 0.182 e. The Morgan fingerprint density at radius 3 is 2.24 bits per heavy atom. The molecule has 29 heavy (non-hydrogen) atoms. The van der Waals surface area contributed by atoms with Crippen LogP contribution in [0.4, 0.5) is 0 Å². The van der Waals surface area contributed by atoms with E-state index in [-0.39, 0.29) is 12.7 Å². The number of hydrogen-bond acceptors (Lipinski definition) is 4. The molecule has 5 nitrogen and oxygen atoms in total. The Morgan fingerprint density at radius 1 is 1.07 bits per heavy atom. The zero-order valence-corrected chi connectivity index (χ0v) is 18.9. The van der Waals surface area contributed by atoms with Crippen molar-refractivity contribution in [3.63, 3.8) is 0 Å². The second kappa shape index (κ2) is 17.3. The highest BCUT2D eigenvalue weighted by Gasteiger charge is 2.14. The van der Waals surface area contributed by atoms with Gasteiger partial charge in [-0.3, -0.25) is 5.32 Å². The first-order valence-electron chi connectivity index (χ1n) is 11.9. The Morgan fingerprint density at radius 2 is 1.66 bits per heavy atom. The van der Waals surface area contributed by atoms with Crippen LogP contribution in [-0.2, 0) is 4.79 Å². The van der Waals surface area contributed by atoms with E-state index in [1.165, 1.54) is 77.0 Å². The lowest BCUT2D eigenvalue weighted by Crippen LogP contribution is -2.45. The van der Waals surface area contributed by atoms with E-state index in [0.717, 1.165) is 13.1 Å². The largest absolute Gasteiger partial charge is 0.544 e. The Kier molecular flexibility index (Phi) is 15.2. The molecule has 1 atom stereocenters. The van der Waals surface area contributed by atoms with Crippen molar-refractivity contribution < 1.29 is 14.5 Å². The summed E-state index contributed by atoms with van der Waals surface area (Å²) in [7, 11) is 0. The number of carboxylic acid groups (broad SMARTS) is 1. The van der Waals surface area contributed by atoms with Crippen LogP contribution in [0.2, 0.25) is 0 Å². The van der Waals surface area contributed by atoms with E-state index in [0.29, 0.717) is 13.0 Å². The van der Waals surface area contributed by atoms with Gasteiger partial charge in [0, 0.05) is 6.04 Å². The van der Waals surface area contributed by atoms with Crippen LogP contribution in [0.1, 0.15) is 97.3 Å². The summed E-state index contributed by atoms with van der Waals surface area (Å²) in [6.45, 7) is 6.73. The second-order valence-electron chi connectivity index (χ2n) is 8.23. The number of hydrogen-bond donors (Lipinski definition) is 1. The summed E-state index contributed by atoms with van der Waals surface area (Å²) in [5, 5.41) is 14.4. The van der Waals surface area contributed by atoms with Gasteiger partial charge in [-0.15, -0.1) is 0 Å². The summed E-state index contributed by atoms with van der Waals surface area (Å²) in [6, 6.07) is 3.19. The minimum atomic E-state index is -1.04. The van der Waals surface area contributed by atoms with E-state index in [1.807, 2.05) is 6.21 Å². The molecule has 0 amide bonds. The molecule has 0 saturated carbocycles. The number of carbonyl (C=O) groups excluding carboxylic acids is 1. The maximum absolute atomic E-state index is 10.8. The van der Waals surface area contributed by atoms with Crippen molar-refractivity contribution in [2.45, 2.75) is 103 Å². The first-order chi connectivity index (χ1) is 14.1. The number of carboxylic acids is 1. The van der Waals surface area contributed by atoms with Gasteiger partial charge in [0.1, 0.15) is 5.97 Å². The Bertz CT molecular complexity index is 522. The molecular formula is C24H43N3O2. The van der Waals surface area contributed by atoms with Gasteiger partial charge in [-0.2, -0.15) is 0 Å². The summed E-state index contributed by atoms with van der Waals surface area (Å²) in [5.41, 5.74) is 0. The fourth-order valence-corrected chi connectivity index (χ4v) is 3.69. The summed E-state index contributed by atoms with van der Waals surface area (Å²) in [4.78, 5) is 12.9. The summed E-state index contributed by atoms with van der Waals surface area (Å²) in [6.07, 6.45) is 19.0. The highest BCUT2D eigenvalue weighted by Crippen LogP contribution is 2.11. The third kappa shape index (κ3) is 14.1. The number of unbranched alkanes of at least 4 members (excludes halogenated alkanes) is 11. The van der Waals surface area contributed by atoms with Gasteiger partial charge in [-0.05, 0) is 19.9 Å². The van der Waals surface area contributed by atoms with Crippen molar-refractivity contribution in [2.24, 2.45) is 0 Å². The number of nitrogens with zero attached hydrogens (tertiary/aromatic N) is 2. The van der Waals surface area contributed by atoms with E-state index in [4.69, 9.17) is 0 Å². The van der Waals surface area contributed by atoms with Crippen molar-refractivity contribution in [1.82, 2.24) is 10.2 Å². The third-order valence-corrected chi connectivity index (χ3v) is 5.57. The molecule has 0 fully saturated rings. The zero-order valence-electron chi connectivity index (χ0n) is 18.9. The molecule has 1 aliphatic heterocycles. The van der Waals surface area contributed by atoms with Gasteiger partial charge in [0.15, 0.2) is 19.3 Å². The van der Waals surface area contributed by atoms with E-state index in [9.17, 15) is 9.90 Å². The molecule has 0 aliphatic carbocycles. The van der Waals surface area contributed by atoms with E-state index < -0.39 is 5.97 Å². The summed E-state index contributed by atoms with van der Waals surface area (Å²) in [5.74, 6) is 2.05. The predicted molar refractivity (Wildman–Crippen MR) is 119 cm³/mol. The Balaban J connectivity index is 2.01. The number of carbonyl (C=O) groups is 1. The second-order valence-corrected chi connectivity index (χ2v) is 8.23. The first kappa shape index (κ1) is 25.5. The van der Waals surface area contributed by atoms with Crippen molar-refractivity contribution >= 4 is 12.2 Å². The van der Waals surface area contributed by atoms with Crippen molar-refractivity contribution in [3.8, 4) is 12.0 Å². The van der Waals surface area contributed by atoms with Crippen LogP contribution >= 0.6 is 0 Å². The van der Waals surface area contributed by atoms with Crippen molar-refractivity contribution in [2.75, 3.05) is 26.2 Å². The molecule has 1 unspecified atom stereocenters. The highest BCUT2D eigenvalue weighted by atomic mass is 16.4. The quantitative estimate of drug-likeness (QED) is 0.229. The zero-order chi connectivity index (χ0) is 21.2. The lowest BCUT2D eigenvalue weighted by molar-refractivity contribution is -0.524. The Labute approximate surface area is 178 Å². The summed E-state index contributed by atoms with van der Waals surface area (Å²) >= 11 is 0. The van der Waals surface area contributed by atoms with Crippen molar-refractivity contribution in [3.05, 3.63) is 0 Å². The maximum atomic E-state index is 10.8. The molecule has 166 valence electrons. The van der Waals surface area contributed by atoms with Crippen LogP contribution in [0.5, 0.6) is 0 Å². The van der Waals surface area contributed by atoms with E-state index >= 15 is 0 Å². The van der Waals surface area contributed by atoms with Gasteiger partial charge < -0.3 is 14.8 Å². The van der Waals surface area contributed by atoms with Crippen LogP contribution in [0.15, 0.2) is 0 Å². The van der Waals surface area contributed by atoms with Crippen LogP contribution in [0.3, 0.4) is 0 Å². The van der Waals surface area contributed by atoms with Crippen LogP contribution in [0.25, 0.3) is 0 Å². The van der Waals surface area contributed by atoms with Crippen LogP contribution in [0, 0.1) is 12.0 Å². The molecule has 5 heteroatoms. The topological polar surface area (TPSA) is 58.4 Å². The van der Waals surface area contributed by atoms with Gasteiger partial charge in [0.25, 0.3) is 0 Å². The third-order valence-electron chi connectivity index (χ3n) is 5.57.